The Labute approximate surface area is 165 Å². The molecule has 29 heavy (non-hydrogen) atoms. The van der Waals surface area contributed by atoms with Gasteiger partial charge in [-0.15, -0.1) is 10.2 Å². The molecule has 4 rings (SSSR count). The SMILES string of the molecule is FC(F)(F)c1cccc(N[C@@H](c2ccccc2)c2nnc(-c3ccccc3)o2)c1. The molecule has 146 valence electrons. The number of hydrogen-bond donors (Lipinski definition) is 1. The fourth-order valence-corrected chi connectivity index (χ4v) is 2.93. The van der Waals surface area contributed by atoms with Gasteiger partial charge in [0.2, 0.25) is 11.8 Å². The van der Waals surface area contributed by atoms with E-state index >= 15 is 0 Å². The fraction of sp³-hybridized carbons (Fsp3) is 0.0909. The fourth-order valence-electron chi connectivity index (χ4n) is 2.93. The number of nitrogens with one attached hydrogen (secondary N) is 1. The van der Waals surface area contributed by atoms with Crippen molar-refractivity contribution in [1.29, 1.82) is 0 Å². The highest BCUT2D eigenvalue weighted by Crippen LogP contribution is 2.33. The highest BCUT2D eigenvalue weighted by atomic mass is 19.4. The van der Waals surface area contributed by atoms with Crippen LogP contribution in [0.25, 0.3) is 11.5 Å². The molecule has 0 saturated carbocycles. The van der Waals surface area contributed by atoms with Crippen LogP contribution in [-0.2, 0) is 6.18 Å². The monoisotopic (exact) mass is 395 g/mol. The number of nitrogens with zero attached hydrogens (tertiary/aromatic N) is 2. The van der Waals surface area contributed by atoms with E-state index in [1.165, 1.54) is 6.07 Å². The topological polar surface area (TPSA) is 51.0 Å². The normalized spacial score (nSPS) is 12.5. The second kappa shape index (κ2) is 7.79. The molecule has 0 spiro atoms. The van der Waals surface area contributed by atoms with Crippen molar-refractivity contribution in [2.24, 2.45) is 0 Å². The van der Waals surface area contributed by atoms with Crippen molar-refractivity contribution in [2.45, 2.75) is 12.2 Å². The van der Waals surface area contributed by atoms with Gasteiger partial charge in [0.1, 0.15) is 6.04 Å². The first-order valence-corrected chi connectivity index (χ1v) is 8.88. The van der Waals surface area contributed by atoms with Gasteiger partial charge in [0, 0.05) is 11.3 Å². The third kappa shape index (κ3) is 4.29. The summed E-state index contributed by atoms with van der Waals surface area (Å²) >= 11 is 0. The number of alkyl halides is 3. The summed E-state index contributed by atoms with van der Waals surface area (Å²) in [5.41, 5.74) is 1.11. The Morgan fingerprint density at radius 1 is 0.793 bits per heavy atom. The molecule has 0 bridgehead atoms. The lowest BCUT2D eigenvalue weighted by atomic mass is 10.1. The smallest absolute Gasteiger partial charge is 0.416 e. The first kappa shape index (κ1) is 18.7. The van der Waals surface area contributed by atoms with Crippen LogP contribution in [0.2, 0.25) is 0 Å². The first-order valence-electron chi connectivity index (χ1n) is 8.88. The number of rotatable bonds is 5. The predicted octanol–water partition coefficient (Wildman–Crippen LogP) is 5.96. The molecule has 0 radical (unpaired) electrons. The van der Waals surface area contributed by atoms with Crippen LogP contribution in [0.1, 0.15) is 23.1 Å². The first-order chi connectivity index (χ1) is 14.0. The molecule has 0 fully saturated rings. The van der Waals surface area contributed by atoms with Crippen LogP contribution in [-0.4, -0.2) is 10.2 Å². The third-order valence-electron chi connectivity index (χ3n) is 4.34. The minimum absolute atomic E-state index is 0.257. The molecule has 1 N–H and O–H groups in total. The van der Waals surface area contributed by atoms with Crippen LogP contribution < -0.4 is 5.32 Å². The zero-order valence-electron chi connectivity index (χ0n) is 15.1. The molecule has 0 aliphatic carbocycles. The van der Waals surface area contributed by atoms with Gasteiger partial charge in [-0.2, -0.15) is 13.2 Å². The average Bonchev–Trinajstić information content (AvgIpc) is 3.23. The molecule has 4 nitrogen and oxygen atoms in total. The van der Waals surface area contributed by atoms with Gasteiger partial charge in [-0.05, 0) is 35.9 Å². The number of benzene rings is 3. The molecular formula is C22H16F3N3O. The predicted molar refractivity (Wildman–Crippen MR) is 103 cm³/mol. The van der Waals surface area contributed by atoms with E-state index in [1.807, 2.05) is 60.7 Å². The van der Waals surface area contributed by atoms with E-state index in [0.29, 0.717) is 11.6 Å². The van der Waals surface area contributed by atoms with Crippen molar-refractivity contribution < 1.29 is 17.6 Å². The molecule has 4 aromatic rings. The summed E-state index contributed by atoms with van der Waals surface area (Å²) in [5, 5.41) is 11.3. The largest absolute Gasteiger partial charge is 0.418 e. The molecule has 1 heterocycles. The standard InChI is InChI=1S/C22H16F3N3O/c23-22(24,25)17-12-7-13-18(14-17)26-19(15-8-3-1-4-9-15)21-28-27-20(29-21)16-10-5-2-6-11-16/h1-14,19,26H/t19-/m0/s1. The van der Waals surface area contributed by atoms with E-state index in [2.05, 4.69) is 15.5 Å². The minimum Gasteiger partial charge on any atom is -0.418 e. The molecule has 7 heteroatoms. The van der Waals surface area contributed by atoms with Crippen LogP contribution in [0.15, 0.2) is 89.3 Å². The summed E-state index contributed by atoms with van der Waals surface area (Å²) in [7, 11) is 0. The van der Waals surface area contributed by atoms with Crippen LogP contribution in [0, 0.1) is 0 Å². The summed E-state index contributed by atoms with van der Waals surface area (Å²) in [5.74, 6) is 0.597. The maximum atomic E-state index is 13.1. The number of anilines is 1. The number of hydrogen-bond acceptors (Lipinski definition) is 4. The Balaban J connectivity index is 1.70. The third-order valence-corrected chi connectivity index (χ3v) is 4.34. The van der Waals surface area contributed by atoms with E-state index in [0.717, 1.165) is 23.3 Å². The highest BCUT2D eigenvalue weighted by molar-refractivity contribution is 5.53. The minimum atomic E-state index is -4.43. The van der Waals surface area contributed by atoms with Crippen molar-refractivity contribution in [2.75, 3.05) is 5.32 Å². The van der Waals surface area contributed by atoms with E-state index in [1.54, 1.807) is 6.07 Å². The van der Waals surface area contributed by atoms with Crippen molar-refractivity contribution in [1.82, 2.24) is 10.2 Å². The zero-order valence-corrected chi connectivity index (χ0v) is 15.1. The molecule has 0 aliphatic heterocycles. The van der Waals surface area contributed by atoms with E-state index in [9.17, 15) is 13.2 Å². The van der Waals surface area contributed by atoms with Crippen LogP contribution in [0.3, 0.4) is 0 Å². The Kier molecular flexibility index (Phi) is 5.03. The van der Waals surface area contributed by atoms with Gasteiger partial charge in [-0.3, -0.25) is 0 Å². The van der Waals surface area contributed by atoms with Crippen molar-refractivity contribution >= 4 is 5.69 Å². The Hall–Kier alpha value is -3.61. The molecule has 3 aromatic carbocycles. The van der Waals surface area contributed by atoms with Gasteiger partial charge < -0.3 is 9.73 Å². The van der Waals surface area contributed by atoms with Crippen molar-refractivity contribution in [3.63, 3.8) is 0 Å². The van der Waals surface area contributed by atoms with Crippen molar-refractivity contribution in [3.05, 3.63) is 102 Å². The van der Waals surface area contributed by atoms with Gasteiger partial charge in [0.05, 0.1) is 5.56 Å². The highest BCUT2D eigenvalue weighted by Gasteiger charge is 2.31. The molecule has 0 amide bonds. The van der Waals surface area contributed by atoms with Gasteiger partial charge in [-0.1, -0.05) is 54.6 Å². The lowest BCUT2D eigenvalue weighted by molar-refractivity contribution is -0.137. The zero-order chi connectivity index (χ0) is 20.3. The maximum absolute atomic E-state index is 13.1. The molecule has 0 saturated heterocycles. The van der Waals surface area contributed by atoms with E-state index in [-0.39, 0.29) is 5.89 Å². The summed E-state index contributed by atoms with van der Waals surface area (Å²) in [6, 6.07) is 22.9. The van der Waals surface area contributed by atoms with E-state index < -0.39 is 17.8 Å². The van der Waals surface area contributed by atoms with E-state index in [4.69, 9.17) is 4.42 Å². The molecule has 1 atom stereocenters. The second-order valence-electron chi connectivity index (χ2n) is 6.38. The summed E-state index contributed by atoms with van der Waals surface area (Å²) in [4.78, 5) is 0. The summed E-state index contributed by atoms with van der Waals surface area (Å²) in [6.45, 7) is 0. The molecular weight excluding hydrogens is 379 g/mol. The Bertz CT molecular complexity index is 1080. The molecule has 0 unspecified atom stereocenters. The number of aromatic nitrogens is 2. The van der Waals surface area contributed by atoms with Crippen molar-refractivity contribution in [3.8, 4) is 11.5 Å². The molecule has 1 aromatic heterocycles. The quantitative estimate of drug-likeness (QED) is 0.453. The molecule has 0 aliphatic rings. The lowest BCUT2D eigenvalue weighted by Crippen LogP contribution is -2.14. The van der Waals surface area contributed by atoms with Gasteiger partial charge in [-0.25, -0.2) is 0 Å². The van der Waals surface area contributed by atoms with Crippen LogP contribution >= 0.6 is 0 Å². The van der Waals surface area contributed by atoms with Crippen LogP contribution in [0.5, 0.6) is 0 Å². The second-order valence-corrected chi connectivity index (χ2v) is 6.38. The Morgan fingerprint density at radius 2 is 1.48 bits per heavy atom. The lowest BCUT2D eigenvalue weighted by Gasteiger charge is -2.18. The summed E-state index contributed by atoms with van der Waals surface area (Å²) in [6.07, 6.45) is -4.43. The summed E-state index contributed by atoms with van der Waals surface area (Å²) < 4.78 is 45.1. The van der Waals surface area contributed by atoms with Gasteiger partial charge in [0.15, 0.2) is 0 Å². The van der Waals surface area contributed by atoms with Gasteiger partial charge >= 0.3 is 6.18 Å². The Morgan fingerprint density at radius 3 is 2.17 bits per heavy atom. The van der Waals surface area contributed by atoms with Gasteiger partial charge in [0.25, 0.3) is 0 Å². The average molecular weight is 395 g/mol. The van der Waals surface area contributed by atoms with Crippen LogP contribution in [0.4, 0.5) is 18.9 Å². The number of halogens is 3. The maximum Gasteiger partial charge on any atom is 0.416 e.